The predicted octanol–water partition coefficient (Wildman–Crippen LogP) is 3.19. The molecule has 0 aliphatic carbocycles. The number of carbonyl (C=O) groups excluding carboxylic acids is 2. The highest BCUT2D eigenvalue weighted by Gasteiger charge is 2.25. The second-order valence-corrected chi connectivity index (χ2v) is 6.61. The van der Waals surface area contributed by atoms with Gasteiger partial charge in [-0.2, -0.15) is 0 Å². The molecule has 2 aromatic carbocycles. The zero-order valence-corrected chi connectivity index (χ0v) is 16.9. The number of hydrogen-bond acceptors (Lipinski definition) is 4. The lowest BCUT2D eigenvalue weighted by Crippen LogP contribution is -2.47. The number of para-hydroxylation sites is 1. The van der Waals surface area contributed by atoms with Gasteiger partial charge in [-0.1, -0.05) is 12.1 Å². The quantitative estimate of drug-likeness (QED) is 0.804. The largest absolute Gasteiger partial charge is 0.497 e. The number of amides is 2. The minimum Gasteiger partial charge on any atom is -0.497 e. The van der Waals surface area contributed by atoms with Gasteiger partial charge in [0, 0.05) is 24.7 Å². The minimum atomic E-state index is -0.260. The van der Waals surface area contributed by atoms with Crippen LogP contribution in [-0.2, 0) is 0 Å². The fraction of sp³-hybridized carbons (Fsp3) is 0.333. The van der Waals surface area contributed by atoms with Crippen LogP contribution < -0.4 is 15.4 Å². The van der Waals surface area contributed by atoms with E-state index in [4.69, 9.17) is 4.74 Å². The van der Waals surface area contributed by atoms with Crippen molar-refractivity contribution in [2.75, 3.05) is 32.6 Å². The molecular weight excluding hydrogens is 378 g/mol. The average molecular weight is 404 g/mol. The van der Waals surface area contributed by atoms with Crippen molar-refractivity contribution in [3.8, 4) is 5.75 Å². The number of halogens is 1. The molecule has 0 radical (unpaired) electrons. The van der Waals surface area contributed by atoms with E-state index in [2.05, 4.69) is 10.6 Å². The summed E-state index contributed by atoms with van der Waals surface area (Å²) >= 11 is 0. The summed E-state index contributed by atoms with van der Waals surface area (Å²) in [5.74, 6) is 0.372. The van der Waals surface area contributed by atoms with Crippen LogP contribution in [-0.4, -0.2) is 50.0 Å². The lowest BCUT2D eigenvalue weighted by atomic mass is 10.0. The molecule has 0 spiro atoms. The number of nitrogens with one attached hydrogen (secondary N) is 2. The van der Waals surface area contributed by atoms with E-state index in [1.54, 1.807) is 43.5 Å². The molecule has 0 bridgehead atoms. The molecule has 2 aromatic rings. The Bertz CT molecular complexity index is 811. The molecule has 2 amide bonds. The van der Waals surface area contributed by atoms with Gasteiger partial charge in [-0.05, 0) is 56.3 Å². The summed E-state index contributed by atoms with van der Waals surface area (Å²) in [6.45, 7) is 1.41. The molecule has 6 nitrogen and oxygen atoms in total. The number of rotatable bonds is 5. The molecule has 1 unspecified atom stereocenters. The lowest BCUT2D eigenvalue weighted by molar-refractivity contribution is 0.0699. The van der Waals surface area contributed by atoms with Crippen LogP contribution in [0, 0.1) is 0 Å². The summed E-state index contributed by atoms with van der Waals surface area (Å²) in [5, 5.41) is 6.11. The van der Waals surface area contributed by atoms with E-state index in [1.165, 1.54) is 0 Å². The van der Waals surface area contributed by atoms with Crippen molar-refractivity contribution in [2.45, 2.75) is 18.9 Å². The molecule has 1 atom stereocenters. The van der Waals surface area contributed by atoms with Crippen LogP contribution in [0.15, 0.2) is 48.5 Å². The van der Waals surface area contributed by atoms with E-state index in [9.17, 15) is 9.59 Å². The van der Waals surface area contributed by atoms with Crippen LogP contribution in [0.3, 0.4) is 0 Å². The topological polar surface area (TPSA) is 70.7 Å². The van der Waals surface area contributed by atoms with Gasteiger partial charge in [-0.15, -0.1) is 12.4 Å². The molecule has 7 heteroatoms. The lowest BCUT2D eigenvalue weighted by Gasteiger charge is -2.33. The third kappa shape index (κ3) is 5.03. The van der Waals surface area contributed by atoms with Crippen LogP contribution in [0.1, 0.15) is 33.6 Å². The summed E-state index contributed by atoms with van der Waals surface area (Å²) in [4.78, 5) is 27.4. The van der Waals surface area contributed by atoms with E-state index < -0.39 is 0 Å². The number of ether oxygens (including phenoxy) is 1. The first-order chi connectivity index (χ1) is 13.1. The summed E-state index contributed by atoms with van der Waals surface area (Å²) < 4.78 is 5.12. The summed E-state index contributed by atoms with van der Waals surface area (Å²) in [6, 6.07) is 14.3. The highest BCUT2D eigenvalue weighted by atomic mass is 35.5. The van der Waals surface area contributed by atoms with Crippen molar-refractivity contribution in [3.05, 3.63) is 59.7 Å². The first-order valence-electron chi connectivity index (χ1n) is 9.13. The van der Waals surface area contributed by atoms with Gasteiger partial charge < -0.3 is 20.3 Å². The molecule has 1 aliphatic heterocycles. The maximum Gasteiger partial charge on any atom is 0.256 e. The van der Waals surface area contributed by atoms with E-state index in [-0.39, 0.29) is 24.2 Å². The number of benzene rings is 2. The highest BCUT2D eigenvalue weighted by molar-refractivity contribution is 6.09. The van der Waals surface area contributed by atoms with Crippen LogP contribution in [0.5, 0.6) is 5.75 Å². The van der Waals surface area contributed by atoms with Gasteiger partial charge in [0.15, 0.2) is 0 Å². The van der Waals surface area contributed by atoms with Crippen LogP contribution >= 0.6 is 12.4 Å². The maximum atomic E-state index is 13.0. The minimum absolute atomic E-state index is 0. The molecule has 1 aliphatic rings. The number of likely N-dealkylation sites (tertiary alicyclic amines) is 1. The number of hydrogen-bond donors (Lipinski definition) is 2. The van der Waals surface area contributed by atoms with E-state index in [1.807, 2.05) is 24.1 Å². The molecular formula is C21H26ClN3O3. The van der Waals surface area contributed by atoms with Gasteiger partial charge in [-0.3, -0.25) is 9.59 Å². The third-order valence-electron chi connectivity index (χ3n) is 4.87. The van der Waals surface area contributed by atoms with Gasteiger partial charge >= 0.3 is 0 Å². The Labute approximate surface area is 171 Å². The second kappa shape index (κ2) is 10.1. The van der Waals surface area contributed by atoms with Crippen molar-refractivity contribution in [1.82, 2.24) is 10.2 Å². The Balaban J connectivity index is 0.00000280. The number of carbonyl (C=O) groups is 2. The molecule has 3 rings (SSSR count). The number of likely N-dealkylation sites (N-methyl/N-ethyl adjacent to an activating group) is 1. The Kier molecular flexibility index (Phi) is 7.84. The maximum absolute atomic E-state index is 13.0. The van der Waals surface area contributed by atoms with Gasteiger partial charge in [0.1, 0.15) is 5.75 Å². The normalized spacial score (nSPS) is 16.1. The average Bonchev–Trinajstić information content (AvgIpc) is 2.73. The fourth-order valence-electron chi connectivity index (χ4n) is 3.28. The van der Waals surface area contributed by atoms with Crippen LogP contribution in [0.25, 0.3) is 0 Å². The number of piperidine rings is 1. The molecule has 0 aromatic heterocycles. The van der Waals surface area contributed by atoms with Gasteiger partial charge in [0.05, 0.1) is 18.4 Å². The third-order valence-corrected chi connectivity index (χ3v) is 4.87. The SMILES string of the molecule is CNC1CCCN(C(=O)c2ccccc2NC(=O)c2ccc(OC)cc2)C1.Cl. The molecule has 28 heavy (non-hydrogen) atoms. The summed E-state index contributed by atoms with van der Waals surface area (Å²) in [5.41, 5.74) is 1.54. The number of anilines is 1. The van der Waals surface area contributed by atoms with Crippen molar-refractivity contribution in [1.29, 1.82) is 0 Å². The van der Waals surface area contributed by atoms with Gasteiger partial charge in [-0.25, -0.2) is 0 Å². The zero-order valence-electron chi connectivity index (χ0n) is 16.1. The van der Waals surface area contributed by atoms with Gasteiger partial charge in [0.2, 0.25) is 0 Å². The van der Waals surface area contributed by atoms with E-state index in [0.29, 0.717) is 35.2 Å². The summed E-state index contributed by atoms with van der Waals surface area (Å²) in [7, 11) is 3.50. The molecule has 0 saturated carbocycles. The fourth-order valence-corrected chi connectivity index (χ4v) is 3.28. The Morgan fingerprint density at radius 2 is 1.82 bits per heavy atom. The predicted molar refractivity (Wildman–Crippen MR) is 113 cm³/mol. The Morgan fingerprint density at radius 3 is 2.50 bits per heavy atom. The molecule has 1 saturated heterocycles. The zero-order chi connectivity index (χ0) is 19.2. The molecule has 1 heterocycles. The van der Waals surface area contributed by atoms with Crippen molar-refractivity contribution in [3.63, 3.8) is 0 Å². The van der Waals surface area contributed by atoms with Crippen molar-refractivity contribution >= 4 is 29.9 Å². The monoisotopic (exact) mass is 403 g/mol. The van der Waals surface area contributed by atoms with Crippen LogP contribution in [0.2, 0.25) is 0 Å². The second-order valence-electron chi connectivity index (χ2n) is 6.61. The first-order valence-corrected chi connectivity index (χ1v) is 9.13. The van der Waals surface area contributed by atoms with Crippen LogP contribution in [0.4, 0.5) is 5.69 Å². The van der Waals surface area contributed by atoms with Crippen molar-refractivity contribution < 1.29 is 14.3 Å². The first kappa shape index (κ1) is 21.7. The molecule has 1 fully saturated rings. The molecule has 150 valence electrons. The van der Waals surface area contributed by atoms with Gasteiger partial charge in [0.25, 0.3) is 11.8 Å². The van der Waals surface area contributed by atoms with E-state index in [0.717, 1.165) is 19.4 Å². The number of methoxy groups -OCH3 is 1. The highest BCUT2D eigenvalue weighted by Crippen LogP contribution is 2.21. The Hall–Kier alpha value is -2.57. The standard InChI is InChI=1S/C21H25N3O3.ClH/c1-22-16-6-5-13-24(14-16)21(26)18-7-3-4-8-19(18)23-20(25)15-9-11-17(27-2)12-10-15;/h3-4,7-12,16,22H,5-6,13-14H2,1-2H3,(H,23,25);1H. The number of nitrogens with zero attached hydrogens (tertiary/aromatic N) is 1. The summed E-state index contributed by atoms with van der Waals surface area (Å²) in [6.07, 6.45) is 2.04. The molecule has 2 N–H and O–H groups in total. The van der Waals surface area contributed by atoms with E-state index >= 15 is 0 Å². The smallest absolute Gasteiger partial charge is 0.256 e. The van der Waals surface area contributed by atoms with Crippen molar-refractivity contribution in [2.24, 2.45) is 0 Å². The Morgan fingerprint density at radius 1 is 1.11 bits per heavy atom.